The molecule has 1 atom stereocenters. The Labute approximate surface area is 97.6 Å². The molecule has 15 heavy (non-hydrogen) atoms. The SMILES string of the molecule is Cc1cccc(/C=C/C(CBr)N=[N+]=[N-])c1. The molecule has 0 aliphatic rings. The van der Waals surface area contributed by atoms with Gasteiger partial charge in [-0.15, -0.1) is 0 Å². The van der Waals surface area contributed by atoms with Gasteiger partial charge < -0.3 is 0 Å². The first-order chi connectivity index (χ1) is 7.26. The minimum atomic E-state index is -0.129. The molecule has 1 rings (SSSR count). The summed E-state index contributed by atoms with van der Waals surface area (Å²) in [4.78, 5) is 2.78. The Morgan fingerprint density at radius 3 is 3.00 bits per heavy atom. The van der Waals surface area contributed by atoms with Gasteiger partial charge in [-0.2, -0.15) is 0 Å². The van der Waals surface area contributed by atoms with Crippen molar-refractivity contribution in [3.8, 4) is 0 Å². The topological polar surface area (TPSA) is 48.8 Å². The van der Waals surface area contributed by atoms with Crippen molar-refractivity contribution in [2.24, 2.45) is 5.11 Å². The van der Waals surface area contributed by atoms with Crippen LogP contribution in [0.5, 0.6) is 0 Å². The summed E-state index contributed by atoms with van der Waals surface area (Å²) in [7, 11) is 0. The van der Waals surface area contributed by atoms with Gasteiger partial charge in [-0.25, -0.2) is 0 Å². The Hall–Kier alpha value is -1.25. The van der Waals surface area contributed by atoms with E-state index in [0.717, 1.165) is 5.56 Å². The van der Waals surface area contributed by atoms with E-state index < -0.39 is 0 Å². The molecule has 0 saturated carbocycles. The van der Waals surface area contributed by atoms with Crippen molar-refractivity contribution in [1.82, 2.24) is 0 Å². The Balaban J connectivity index is 2.75. The number of hydrogen-bond donors (Lipinski definition) is 0. The molecule has 0 spiro atoms. The lowest BCUT2D eigenvalue weighted by Gasteiger charge is -1.99. The first-order valence-electron chi connectivity index (χ1n) is 4.61. The third-order valence-corrected chi connectivity index (χ3v) is 2.57. The Morgan fingerprint density at radius 1 is 1.60 bits per heavy atom. The van der Waals surface area contributed by atoms with Gasteiger partial charge in [-0.1, -0.05) is 63.0 Å². The highest BCUT2D eigenvalue weighted by Gasteiger charge is 1.97. The summed E-state index contributed by atoms with van der Waals surface area (Å²) in [5, 5.41) is 4.27. The van der Waals surface area contributed by atoms with Crippen LogP contribution >= 0.6 is 15.9 Å². The summed E-state index contributed by atoms with van der Waals surface area (Å²) in [5.41, 5.74) is 10.7. The molecule has 0 fully saturated rings. The van der Waals surface area contributed by atoms with Crippen molar-refractivity contribution in [3.05, 3.63) is 51.9 Å². The fraction of sp³-hybridized carbons (Fsp3) is 0.273. The van der Waals surface area contributed by atoms with Crippen LogP contribution in [0.2, 0.25) is 0 Å². The van der Waals surface area contributed by atoms with Gasteiger partial charge in [0.25, 0.3) is 0 Å². The third kappa shape index (κ3) is 4.19. The minimum absolute atomic E-state index is 0.129. The predicted molar refractivity (Wildman–Crippen MR) is 66.9 cm³/mol. The Kier molecular flexibility index (Phi) is 4.95. The molecule has 0 aliphatic heterocycles. The zero-order chi connectivity index (χ0) is 11.1. The van der Waals surface area contributed by atoms with Crippen LogP contribution in [-0.4, -0.2) is 11.4 Å². The molecule has 1 aromatic carbocycles. The van der Waals surface area contributed by atoms with Crippen molar-refractivity contribution in [1.29, 1.82) is 0 Å². The molecule has 0 amide bonds. The smallest absolute Gasteiger partial charge is 0.0655 e. The molecule has 1 aromatic rings. The molecule has 0 saturated heterocycles. The van der Waals surface area contributed by atoms with Crippen LogP contribution in [0.3, 0.4) is 0 Å². The van der Waals surface area contributed by atoms with Crippen molar-refractivity contribution >= 4 is 22.0 Å². The first kappa shape index (κ1) is 11.8. The largest absolute Gasteiger partial charge is 0.0920 e. The summed E-state index contributed by atoms with van der Waals surface area (Å²) in [6, 6.07) is 8.02. The van der Waals surface area contributed by atoms with E-state index in [1.165, 1.54) is 5.56 Å². The Morgan fingerprint density at radius 2 is 2.40 bits per heavy atom. The summed E-state index contributed by atoms with van der Waals surface area (Å²) < 4.78 is 0. The van der Waals surface area contributed by atoms with E-state index in [2.05, 4.69) is 32.0 Å². The van der Waals surface area contributed by atoms with E-state index in [-0.39, 0.29) is 6.04 Å². The number of azide groups is 1. The number of rotatable bonds is 4. The number of benzene rings is 1. The molecule has 1 unspecified atom stereocenters. The number of halogens is 1. The van der Waals surface area contributed by atoms with Crippen molar-refractivity contribution in [2.75, 3.05) is 5.33 Å². The number of nitrogens with zero attached hydrogens (tertiary/aromatic N) is 3. The summed E-state index contributed by atoms with van der Waals surface area (Å²) in [5.74, 6) is 0. The van der Waals surface area contributed by atoms with Crippen LogP contribution in [0.25, 0.3) is 16.5 Å². The molecular weight excluding hydrogens is 254 g/mol. The monoisotopic (exact) mass is 265 g/mol. The van der Waals surface area contributed by atoms with Crippen LogP contribution in [0.4, 0.5) is 0 Å². The molecule has 0 bridgehead atoms. The van der Waals surface area contributed by atoms with E-state index in [1.807, 2.05) is 37.3 Å². The fourth-order valence-corrected chi connectivity index (χ4v) is 1.53. The van der Waals surface area contributed by atoms with Gasteiger partial charge >= 0.3 is 0 Å². The Bertz CT molecular complexity index is 395. The van der Waals surface area contributed by atoms with Gasteiger partial charge in [-0.3, -0.25) is 0 Å². The zero-order valence-corrected chi connectivity index (χ0v) is 10.1. The van der Waals surface area contributed by atoms with E-state index in [0.29, 0.717) is 5.33 Å². The van der Waals surface area contributed by atoms with Crippen LogP contribution in [-0.2, 0) is 0 Å². The first-order valence-corrected chi connectivity index (χ1v) is 5.73. The van der Waals surface area contributed by atoms with Crippen LogP contribution in [0.15, 0.2) is 35.5 Å². The van der Waals surface area contributed by atoms with Crippen LogP contribution in [0.1, 0.15) is 11.1 Å². The lowest BCUT2D eigenvalue weighted by molar-refractivity contribution is 0.936. The maximum atomic E-state index is 8.31. The van der Waals surface area contributed by atoms with Gasteiger partial charge in [0.05, 0.1) is 6.04 Å². The second-order valence-electron chi connectivity index (χ2n) is 3.20. The molecule has 0 aliphatic carbocycles. The van der Waals surface area contributed by atoms with Crippen molar-refractivity contribution in [3.63, 3.8) is 0 Å². The van der Waals surface area contributed by atoms with Gasteiger partial charge in [0.2, 0.25) is 0 Å². The van der Waals surface area contributed by atoms with E-state index in [1.54, 1.807) is 0 Å². The fourth-order valence-electron chi connectivity index (χ4n) is 1.18. The van der Waals surface area contributed by atoms with Gasteiger partial charge in [0.15, 0.2) is 0 Å². The number of alkyl halides is 1. The maximum absolute atomic E-state index is 8.31. The van der Waals surface area contributed by atoms with Crippen LogP contribution in [0, 0.1) is 6.92 Å². The maximum Gasteiger partial charge on any atom is 0.0655 e. The predicted octanol–water partition coefficient (Wildman–Crippen LogP) is 4.08. The van der Waals surface area contributed by atoms with Crippen LogP contribution < -0.4 is 0 Å². The highest BCUT2D eigenvalue weighted by atomic mass is 79.9. The lowest BCUT2D eigenvalue weighted by Crippen LogP contribution is -1.98. The quantitative estimate of drug-likeness (QED) is 0.341. The molecule has 0 heterocycles. The summed E-state index contributed by atoms with van der Waals surface area (Å²) in [6.07, 6.45) is 3.86. The van der Waals surface area contributed by atoms with Gasteiger partial charge in [0.1, 0.15) is 0 Å². The highest BCUT2D eigenvalue weighted by molar-refractivity contribution is 9.09. The van der Waals surface area contributed by atoms with E-state index in [4.69, 9.17) is 5.53 Å². The molecule has 78 valence electrons. The highest BCUT2D eigenvalue weighted by Crippen LogP contribution is 2.08. The number of hydrogen-bond acceptors (Lipinski definition) is 1. The molecule has 0 radical (unpaired) electrons. The van der Waals surface area contributed by atoms with E-state index >= 15 is 0 Å². The van der Waals surface area contributed by atoms with Crippen molar-refractivity contribution < 1.29 is 0 Å². The lowest BCUT2D eigenvalue weighted by atomic mass is 10.1. The van der Waals surface area contributed by atoms with E-state index in [9.17, 15) is 0 Å². The summed E-state index contributed by atoms with van der Waals surface area (Å²) >= 11 is 3.29. The molecule has 3 nitrogen and oxygen atoms in total. The molecule has 0 aromatic heterocycles. The average Bonchev–Trinajstić information content (AvgIpc) is 2.24. The molecular formula is C11H12BrN3. The zero-order valence-electron chi connectivity index (χ0n) is 8.47. The normalized spacial score (nSPS) is 12.4. The second kappa shape index (κ2) is 6.27. The summed E-state index contributed by atoms with van der Waals surface area (Å²) in [6.45, 7) is 2.05. The van der Waals surface area contributed by atoms with Gasteiger partial charge in [0, 0.05) is 10.2 Å². The third-order valence-electron chi connectivity index (χ3n) is 1.91. The molecule has 4 heteroatoms. The second-order valence-corrected chi connectivity index (χ2v) is 3.85. The van der Waals surface area contributed by atoms with Crippen molar-refractivity contribution in [2.45, 2.75) is 13.0 Å². The number of aryl methyl sites for hydroxylation is 1. The molecule has 0 N–H and O–H groups in total. The minimum Gasteiger partial charge on any atom is -0.0920 e. The standard InChI is InChI=1S/C11H12BrN3/c1-9-3-2-4-10(7-9)5-6-11(8-12)14-15-13/h2-7,11H,8H2,1H3/b6-5+. The average molecular weight is 266 g/mol. The van der Waals surface area contributed by atoms with Gasteiger partial charge in [-0.05, 0) is 18.0 Å².